The minimum absolute atomic E-state index is 0.195. The first-order chi connectivity index (χ1) is 13.0. The first kappa shape index (κ1) is 21.3. The maximum absolute atomic E-state index is 12.0. The van der Waals surface area contributed by atoms with Crippen LogP contribution in [0.4, 0.5) is 5.69 Å². The van der Waals surface area contributed by atoms with E-state index in [0.717, 1.165) is 11.4 Å². The van der Waals surface area contributed by atoms with Crippen molar-refractivity contribution in [2.45, 2.75) is 19.8 Å². The lowest BCUT2D eigenvalue weighted by molar-refractivity contribution is -0.119. The van der Waals surface area contributed by atoms with Crippen LogP contribution in [0.15, 0.2) is 42.5 Å². The third kappa shape index (κ3) is 7.62. The number of ether oxygens (including phenoxy) is 2. The number of thiocarbonyl (C=S) groups is 1. The Hall–Kier alpha value is -2.02. The molecule has 144 valence electrons. The summed E-state index contributed by atoms with van der Waals surface area (Å²) in [7, 11) is 0. The number of anilines is 1. The van der Waals surface area contributed by atoms with Crippen molar-refractivity contribution in [3.63, 3.8) is 0 Å². The SMILES string of the molecule is CCOc1cccc(NC(=S)NC(=O)CCCOc2ccc(Cl)cc2Cl)c1. The maximum atomic E-state index is 12.0. The lowest BCUT2D eigenvalue weighted by atomic mass is 10.3. The van der Waals surface area contributed by atoms with Gasteiger partial charge in [-0.15, -0.1) is 0 Å². The second-order valence-electron chi connectivity index (χ2n) is 5.49. The summed E-state index contributed by atoms with van der Waals surface area (Å²) in [6.45, 7) is 2.84. The van der Waals surface area contributed by atoms with E-state index < -0.39 is 0 Å². The van der Waals surface area contributed by atoms with Crippen molar-refractivity contribution >= 4 is 52.1 Å². The largest absolute Gasteiger partial charge is 0.494 e. The van der Waals surface area contributed by atoms with Crippen LogP contribution in [0.2, 0.25) is 10.0 Å². The van der Waals surface area contributed by atoms with E-state index in [1.54, 1.807) is 18.2 Å². The van der Waals surface area contributed by atoms with Crippen molar-refractivity contribution < 1.29 is 14.3 Å². The quantitative estimate of drug-likeness (QED) is 0.455. The lowest BCUT2D eigenvalue weighted by Gasteiger charge is -2.11. The molecule has 2 aromatic carbocycles. The van der Waals surface area contributed by atoms with E-state index in [-0.39, 0.29) is 17.4 Å². The van der Waals surface area contributed by atoms with Gasteiger partial charge < -0.3 is 20.1 Å². The van der Waals surface area contributed by atoms with Crippen LogP contribution in [-0.2, 0) is 4.79 Å². The van der Waals surface area contributed by atoms with Gasteiger partial charge in [0.1, 0.15) is 11.5 Å². The Kier molecular flexibility index (Phi) is 8.64. The highest BCUT2D eigenvalue weighted by Crippen LogP contribution is 2.27. The van der Waals surface area contributed by atoms with Gasteiger partial charge in [0.25, 0.3) is 0 Å². The first-order valence-electron chi connectivity index (χ1n) is 8.39. The molecule has 0 fully saturated rings. The highest BCUT2D eigenvalue weighted by atomic mass is 35.5. The Balaban J connectivity index is 1.70. The van der Waals surface area contributed by atoms with Crippen molar-refractivity contribution in [2.24, 2.45) is 0 Å². The summed E-state index contributed by atoms with van der Waals surface area (Å²) in [5, 5.41) is 6.81. The Labute approximate surface area is 173 Å². The van der Waals surface area contributed by atoms with Gasteiger partial charge in [0.2, 0.25) is 5.91 Å². The van der Waals surface area contributed by atoms with E-state index >= 15 is 0 Å². The van der Waals surface area contributed by atoms with E-state index in [2.05, 4.69) is 10.6 Å². The zero-order valence-corrected chi connectivity index (χ0v) is 17.1. The second kappa shape index (κ2) is 11.0. The number of hydrogen-bond acceptors (Lipinski definition) is 4. The van der Waals surface area contributed by atoms with Crippen LogP contribution >= 0.6 is 35.4 Å². The Morgan fingerprint density at radius 2 is 1.96 bits per heavy atom. The van der Waals surface area contributed by atoms with Crippen LogP contribution in [0, 0.1) is 0 Å². The van der Waals surface area contributed by atoms with Crippen LogP contribution in [0.5, 0.6) is 11.5 Å². The molecule has 0 spiro atoms. The smallest absolute Gasteiger partial charge is 0.226 e. The number of benzene rings is 2. The lowest BCUT2D eigenvalue weighted by Crippen LogP contribution is -2.34. The van der Waals surface area contributed by atoms with Gasteiger partial charge in [0.05, 0.1) is 18.2 Å². The predicted molar refractivity (Wildman–Crippen MR) is 113 cm³/mol. The summed E-state index contributed by atoms with van der Waals surface area (Å²) in [4.78, 5) is 12.0. The molecule has 0 radical (unpaired) electrons. The summed E-state index contributed by atoms with van der Waals surface area (Å²) in [6, 6.07) is 12.3. The molecule has 2 N–H and O–H groups in total. The molecule has 2 aromatic rings. The predicted octanol–water partition coefficient (Wildman–Crippen LogP) is 5.06. The molecule has 0 unspecified atom stereocenters. The molecule has 5 nitrogen and oxygen atoms in total. The summed E-state index contributed by atoms with van der Waals surface area (Å²) in [5.74, 6) is 1.07. The fraction of sp³-hybridized carbons (Fsp3) is 0.263. The van der Waals surface area contributed by atoms with E-state index in [0.29, 0.717) is 35.4 Å². The minimum Gasteiger partial charge on any atom is -0.494 e. The molecule has 0 saturated heterocycles. The number of halogens is 2. The Bertz CT molecular complexity index is 802. The summed E-state index contributed by atoms with van der Waals surface area (Å²) in [6.07, 6.45) is 0.791. The Morgan fingerprint density at radius 3 is 2.70 bits per heavy atom. The average Bonchev–Trinajstić information content (AvgIpc) is 2.60. The molecule has 2 rings (SSSR count). The fourth-order valence-corrected chi connectivity index (χ4v) is 2.88. The number of amides is 1. The number of nitrogens with one attached hydrogen (secondary N) is 2. The Morgan fingerprint density at radius 1 is 1.15 bits per heavy atom. The minimum atomic E-state index is -0.195. The van der Waals surface area contributed by atoms with E-state index in [4.69, 9.17) is 44.9 Å². The summed E-state index contributed by atoms with van der Waals surface area (Å²) < 4.78 is 11.0. The second-order valence-corrected chi connectivity index (χ2v) is 6.74. The van der Waals surface area contributed by atoms with Gasteiger partial charge in [-0.05, 0) is 55.9 Å². The highest BCUT2D eigenvalue weighted by Gasteiger charge is 2.07. The molecule has 0 heterocycles. The standard InChI is InChI=1S/C19H20Cl2N2O3S/c1-2-25-15-6-3-5-14(12-15)22-19(27)23-18(24)7-4-10-26-17-9-8-13(20)11-16(17)21/h3,5-6,8-9,11-12H,2,4,7,10H2,1H3,(H2,22,23,24,27). The molecule has 0 aliphatic heterocycles. The van der Waals surface area contributed by atoms with E-state index in [1.165, 1.54) is 0 Å². The van der Waals surface area contributed by atoms with Crippen molar-refractivity contribution in [2.75, 3.05) is 18.5 Å². The van der Waals surface area contributed by atoms with Crippen molar-refractivity contribution in [3.05, 3.63) is 52.5 Å². The molecule has 0 aliphatic carbocycles. The zero-order valence-electron chi connectivity index (χ0n) is 14.8. The van der Waals surface area contributed by atoms with Crippen LogP contribution in [0.3, 0.4) is 0 Å². The molecule has 0 aromatic heterocycles. The molecule has 1 amide bonds. The van der Waals surface area contributed by atoms with E-state index in [9.17, 15) is 4.79 Å². The molecule has 0 atom stereocenters. The highest BCUT2D eigenvalue weighted by molar-refractivity contribution is 7.80. The average molecular weight is 427 g/mol. The van der Waals surface area contributed by atoms with Gasteiger partial charge >= 0.3 is 0 Å². The van der Waals surface area contributed by atoms with Crippen LogP contribution in [0.25, 0.3) is 0 Å². The van der Waals surface area contributed by atoms with Crippen molar-refractivity contribution in [1.29, 1.82) is 0 Å². The van der Waals surface area contributed by atoms with Gasteiger partial charge in [-0.1, -0.05) is 29.3 Å². The summed E-state index contributed by atoms with van der Waals surface area (Å²) >= 11 is 17.0. The first-order valence-corrected chi connectivity index (χ1v) is 9.56. The maximum Gasteiger partial charge on any atom is 0.226 e. The molecule has 0 aliphatic rings. The fourth-order valence-electron chi connectivity index (χ4n) is 2.19. The van der Waals surface area contributed by atoms with Gasteiger partial charge in [0.15, 0.2) is 5.11 Å². The number of rotatable bonds is 8. The monoisotopic (exact) mass is 426 g/mol. The molecule has 0 bridgehead atoms. The number of carbonyl (C=O) groups is 1. The number of hydrogen-bond donors (Lipinski definition) is 2. The number of carbonyl (C=O) groups excluding carboxylic acids is 1. The topological polar surface area (TPSA) is 59.6 Å². The van der Waals surface area contributed by atoms with Gasteiger partial charge in [-0.3, -0.25) is 4.79 Å². The van der Waals surface area contributed by atoms with Gasteiger partial charge in [-0.2, -0.15) is 0 Å². The van der Waals surface area contributed by atoms with Gasteiger partial charge in [0, 0.05) is 23.2 Å². The zero-order chi connectivity index (χ0) is 19.6. The normalized spacial score (nSPS) is 10.2. The van der Waals surface area contributed by atoms with E-state index in [1.807, 2.05) is 31.2 Å². The van der Waals surface area contributed by atoms with Crippen molar-refractivity contribution in [3.8, 4) is 11.5 Å². The molecule has 27 heavy (non-hydrogen) atoms. The molecule has 0 saturated carbocycles. The van der Waals surface area contributed by atoms with Crippen LogP contribution in [-0.4, -0.2) is 24.2 Å². The molecule has 8 heteroatoms. The van der Waals surface area contributed by atoms with Crippen LogP contribution in [0.1, 0.15) is 19.8 Å². The third-order valence-corrected chi connectivity index (χ3v) is 4.09. The summed E-state index contributed by atoms with van der Waals surface area (Å²) in [5.41, 5.74) is 0.743. The molecular weight excluding hydrogens is 407 g/mol. The van der Waals surface area contributed by atoms with Crippen molar-refractivity contribution in [1.82, 2.24) is 5.32 Å². The van der Waals surface area contributed by atoms with Crippen LogP contribution < -0.4 is 20.1 Å². The third-order valence-electron chi connectivity index (χ3n) is 3.36. The molecular formula is C19H20Cl2N2O3S. The van der Waals surface area contributed by atoms with Gasteiger partial charge in [-0.25, -0.2) is 0 Å².